The maximum atomic E-state index is 11.8. The quantitative estimate of drug-likeness (QED) is 0.823. The standard InChI is InChI=1S/C12H19N3O2/c1-8(2)13-6-9-7-14-11(15-12(9)16)10-4-3-5-17-10/h7-8,10,13H,3-6H2,1-2H3,(H,14,15,16). The van der Waals surface area contributed by atoms with E-state index in [2.05, 4.69) is 15.3 Å². The van der Waals surface area contributed by atoms with Crippen LogP contribution in [0.2, 0.25) is 0 Å². The average Bonchev–Trinajstić information content (AvgIpc) is 2.80. The molecule has 1 aromatic heterocycles. The van der Waals surface area contributed by atoms with Crippen molar-refractivity contribution in [1.29, 1.82) is 0 Å². The van der Waals surface area contributed by atoms with Crippen LogP contribution in [-0.4, -0.2) is 22.6 Å². The summed E-state index contributed by atoms with van der Waals surface area (Å²) >= 11 is 0. The number of ether oxygens (including phenoxy) is 1. The average molecular weight is 237 g/mol. The molecule has 2 heterocycles. The molecule has 1 unspecified atom stereocenters. The number of rotatable bonds is 4. The Morgan fingerprint density at radius 1 is 1.65 bits per heavy atom. The second-order valence-electron chi connectivity index (χ2n) is 4.66. The monoisotopic (exact) mass is 237 g/mol. The molecule has 0 amide bonds. The number of nitrogens with zero attached hydrogens (tertiary/aromatic N) is 1. The Morgan fingerprint density at radius 2 is 2.47 bits per heavy atom. The zero-order valence-electron chi connectivity index (χ0n) is 10.3. The SMILES string of the molecule is CC(C)NCc1cnc(C2CCCO2)[nH]c1=O. The fraction of sp³-hybridized carbons (Fsp3) is 0.667. The second kappa shape index (κ2) is 5.42. The maximum absolute atomic E-state index is 11.8. The van der Waals surface area contributed by atoms with E-state index in [1.54, 1.807) is 6.20 Å². The molecule has 1 atom stereocenters. The van der Waals surface area contributed by atoms with Crippen molar-refractivity contribution < 1.29 is 4.74 Å². The molecular weight excluding hydrogens is 218 g/mol. The van der Waals surface area contributed by atoms with Crippen molar-refractivity contribution in [3.63, 3.8) is 0 Å². The number of aromatic nitrogens is 2. The van der Waals surface area contributed by atoms with Crippen LogP contribution >= 0.6 is 0 Å². The van der Waals surface area contributed by atoms with Crippen molar-refractivity contribution >= 4 is 0 Å². The molecule has 1 fully saturated rings. The van der Waals surface area contributed by atoms with Gasteiger partial charge in [-0.1, -0.05) is 13.8 Å². The summed E-state index contributed by atoms with van der Waals surface area (Å²) in [6.07, 6.45) is 3.58. The van der Waals surface area contributed by atoms with Crippen molar-refractivity contribution in [1.82, 2.24) is 15.3 Å². The molecule has 1 aliphatic rings. The molecule has 1 saturated heterocycles. The van der Waals surface area contributed by atoms with E-state index in [-0.39, 0.29) is 11.7 Å². The summed E-state index contributed by atoms with van der Waals surface area (Å²) in [6, 6.07) is 0.354. The van der Waals surface area contributed by atoms with Crippen LogP contribution in [0.4, 0.5) is 0 Å². The summed E-state index contributed by atoms with van der Waals surface area (Å²) in [4.78, 5) is 18.9. The molecule has 2 rings (SSSR count). The maximum Gasteiger partial charge on any atom is 0.255 e. The highest BCUT2D eigenvalue weighted by Crippen LogP contribution is 2.24. The Morgan fingerprint density at radius 3 is 3.06 bits per heavy atom. The minimum Gasteiger partial charge on any atom is -0.370 e. The minimum absolute atomic E-state index is 0.0326. The fourth-order valence-electron chi connectivity index (χ4n) is 1.83. The van der Waals surface area contributed by atoms with Crippen LogP contribution in [0.1, 0.15) is 44.2 Å². The molecule has 0 radical (unpaired) electrons. The molecule has 2 N–H and O–H groups in total. The van der Waals surface area contributed by atoms with E-state index in [0.29, 0.717) is 24.0 Å². The van der Waals surface area contributed by atoms with Gasteiger partial charge in [0, 0.05) is 31.0 Å². The molecule has 0 aromatic carbocycles. The Balaban J connectivity index is 2.08. The van der Waals surface area contributed by atoms with E-state index in [1.165, 1.54) is 0 Å². The van der Waals surface area contributed by atoms with Crippen LogP contribution in [0, 0.1) is 0 Å². The van der Waals surface area contributed by atoms with E-state index in [0.717, 1.165) is 19.4 Å². The smallest absolute Gasteiger partial charge is 0.255 e. The molecule has 1 aromatic rings. The first-order valence-corrected chi connectivity index (χ1v) is 6.10. The number of aromatic amines is 1. The molecule has 0 bridgehead atoms. The summed E-state index contributed by atoms with van der Waals surface area (Å²) in [5.74, 6) is 0.654. The van der Waals surface area contributed by atoms with Crippen LogP contribution < -0.4 is 10.9 Å². The summed E-state index contributed by atoms with van der Waals surface area (Å²) in [6.45, 7) is 5.39. The van der Waals surface area contributed by atoms with Gasteiger partial charge in [0.2, 0.25) is 0 Å². The van der Waals surface area contributed by atoms with E-state index < -0.39 is 0 Å². The molecule has 94 valence electrons. The molecule has 0 saturated carbocycles. The van der Waals surface area contributed by atoms with Crippen LogP contribution in [0.3, 0.4) is 0 Å². The highest BCUT2D eigenvalue weighted by molar-refractivity contribution is 5.07. The molecule has 5 heteroatoms. The molecular formula is C12H19N3O2. The van der Waals surface area contributed by atoms with Gasteiger partial charge in [-0.3, -0.25) is 4.79 Å². The van der Waals surface area contributed by atoms with Gasteiger partial charge in [-0.15, -0.1) is 0 Å². The van der Waals surface area contributed by atoms with E-state index in [1.807, 2.05) is 13.8 Å². The van der Waals surface area contributed by atoms with Crippen LogP contribution in [-0.2, 0) is 11.3 Å². The lowest BCUT2D eigenvalue weighted by Gasteiger charge is -2.10. The first kappa shape index (κ1) is 12.3. The van der Waals surface area contributed by atoms with Gasteiger partial charge in [0.1, 0.15) is 11.9 Å². The molecule has 5 nitrogen and oxygen atoms in total. The van der Waals surface area contributed by atoms with Crippen molar-refractivity contribution in [2.45, 2.75) is 45.4 Å². The first-order chi connectivity index (χ1) is 8.16. The summed E-state index contributed by atoms with van der Waals surface area (Å²) in [7, 11) is 0. The topological polar surface area (TPSA) is 67.0 Å². The largest absolute Gasteiger partial charge is 0.370 e. The summed E-state index contributed by atoms with van der Waals surface area (Å²) in [5.41, 5.74) is 0.596. The summed E-state index contributed by atoms with van der Waals surface area (Å²) < 4.78 is 5.48. The predicted molar refractivity (Wildman–Crippen MR) is 64.8 cm³/mol. The summed E-state index contributed by atoms with van der Waals surface area (Å²) in [5, 5.41) is 3.20. The van der Waals surface area contributed by atoms with Crippen molar-refractivity contribution in [3.05, 3.63) is 27.9 Å². The molecule has 17 heavy (non-hydrogen) atoms. The predicted octanol–water partition coefficient (Wildman–Crippen LogP) is 1.12. The Kier molecular flexibility index (Phi) is 3.91. The van der Waals surface area contributed by atoms with Gasteiger partial charge in [0.05, 0.1) is 0 Å². The lowest BCUT2D eigenvalue weighted by atomic mass is 10.2. The normalized spacial score (nSPS) is 20.1. The highest BCUT2D eigenvalue weighted by atomic mass is 16.5. The Hall–Kier alpha value is -1.20. The first-order valence-electron chi connectivity index (χ1n) is 6.10. The third kappa shape index (κ3) is 3.14. The second-order valence-corrected chi connectivity index (χ2v) is 4.66. The van der Waals surface area contributed by atoms with Crippen molar-refractivity contribution in [2.24, 2.45) is 0 Å². The van der Waals surface area contributed by atoms with Gasteiger partial charge in [0.25, 0.3) is 5.56 Å². The van der Waals surface area contributed by atoms with Gasteiger partial charge >= 0.3 is 0 Å². The molecule has 0 spiro atoms. The van der Waals surface area contributed by atoms with Gasteiger partial charge < -0.3 is 15.0 Å². The fourth-order valence-corrected chi connectivity index (χ4v) is 1.83. The number of hydrogen-bond donors (Lipinski definition) is 2. The third-order valence-electron chi connectivity index (χ3n) is 2.83. The van der Waals surface area contributed by atoms with Gasteiger partial charge in [-0.05, 0) is 12.8 Å². The third-order valence-corrected chi connectivity index (χ3v) is 2.83. The zero-order valence-corrected chi connectivity index (χ0v) is 10.3. The van der Waals surface area contributed by atoms with Crippen LogP contribution in [0.25, 0.3) is 0 Å². The Bertz CT molecular complexity index is 422. The van der Waals surface area contributed by atoms with E-state index >= 15 is 0 Å². The van der Waals surface area contributed by atoms with Gasteiger partial charge in [0.15, 0.2) is 0 Å². The van der Waals surface area contributed by atoms with Crippen molar-refractivity contribution in [2.75, 3.05) is 6.61 Å². The number of nitrogens with one attached hydrogen (secondary N) is 2. The minimum atomic E-state index is -0.0707. The van der Waals surface area contributed by atoms with Crippen LogP contribution in [0.5, 0.6) is 0 Å². The van der Waals surface area contributed by atoms with Crippen LogP contribution in [0.15, 0.2) is 11.0 Å². The highest BCUT2D eigenvalue weighted by Gasteiger charge is 2.20. The van der Waals surface area contributed by atoms with Gasteiger partial charge in [-0.2, -0.15) is 0 Å². The van der Waals surface area contributed by atoms with E-state index in [4.69, 9.17) is 4.74 Å². The molecule has 1 aliphatic heterocycles. The Labute approximate surface area is 101 Å². The number of hydrogen-bond acceptors (Lipinski definition) is 4. The zero-order chi connectivity index (χ0) is 12.3. The lowest BCUT2D eigenvalue weighted by molar-refractivity contribution is 0.105. The molecule has 0 aliphatic carbocycles. The number of H-pyrrole nitrogens is 1. The lowest BCUT2D eigenvalue weighted by Crippen LogP contribution is -2.27. The van der Waals surface area contributed by atoms with E-state index in [9.17, 15) is 4.79 Å². The van der Waals surface area contributed by atoms with Gasteiger partial charge in [-0.25, -0.2) is 4.98 Å². The van der Waals surface area contributed by atoms with Crippen molar-refractivity contribution in [3.8, 4) is 0 Å².